The first-order chi connectivity index (χ1) is 13.6. The smallest absolute Gasteiger partial charge is 0.244 e. The summed E-state index contributed by atoms with van der Waals surface area (Å²) in [6, 6.07) is 12.5. The molecule has 3 rings (SSSR count). The third-order valence-corrected chi connectivity index (χ3v) is 7.95. The van der Waals surface area contributed by atoms with E-state index in [9.17, 15) is 21.6 Å². The number of nitrogens with zero attached hydrogens (tertiary/aromatic N) is 1. The molecule has 8 nitrogen and oxygen atoms in total. The van der Waals surface area contributed by atoms with Crippen LogP contribution in [-0.4, -0.2) is 42.2 Å². The number of amides is 1. The van der Waals surface area contributed by atoms with Crippen molar-refractivity contribution >= 4 is 31.6 Å². The summed E-state index contributed by atoms with van der Waals surface area (Å²) in [5.74, 6) is -0.665. The van der Waals surface area contributed by atoms with Crippen molar-refractivity contribution in [2.45, 2.75) is 18.2 Å². The monoisotopic (exact) mass is 438 g/mol. The van der Waals surface area contributed by atoms with Crippen LogP contribution in [-0.2, 0) is 31.3 Å². The molecule has 1 aliphatic rings. The number of hydrogen-bond donors (Lipinski definition) is 1. The number of carbonyl (C=O) groups is 1. The van der Waals surface area contributed by atoms with Crippen LogP contribution >= 0.6 is 0 Å². The summed E-state index contributed by atoms with van der Waals surface area (Å²) in [5.41, 5.74) is 1.09. The van der Waals surface area contributed by atoms with E-state index < -0.39 is 31.9 Å². The largest absolute Gasteiger partial charge is 0.497 e. The van der Waals surface area contributed by atoms with Gasteiger partial charge in [-0.3, -0.25) is 4.79 Å². The molecule has 1 saturated heterocycles. The predicted molar refractivity (Wildman–Crippen MR) is 109 cm³/mol. The van der Waals surface area contributed by atoms with Crippen molar-refractivity contribution in [3.05, 3.63) is 54.1 Å². The van der Waals surface area contributed by atoms with E-state index in [4.69, 9.17) is 4.74 Å². The molecule has 0 unspecified atom stereocenters. The lowest BCUT2D eigenvalue weighted by molar-refractivity contribution is -0.119. The molecular weight excluding hydrogens is 416 g/mol. The first-order valence-corrected chi connectivity index (χ1v) is 12.0. The van der Waals surface area contributed by atoms with Crippen LogP contribution in [0.1, 0.15) is 12.5 Å². The zero-order valence-corrected chi connectivity index (χ0v) is 17.7. The number of anilines is 1. The van der Waals surface area contributed by atoms with Gasteiger partial charge >= 0.3 is 0 Å². The molecule has 156 valence electrons. The van der Waals surface area contributed by atoms with Crippen molar-refractivity contribution in [1.29, 1.82) is 0 Å². The Labute approximate surface area is 170 Å². The Bertz CT molecular complexity index is 1090. The molecule has 1 N–H and O–H groups in total. The number of carbonyl (C=O) groups excluding carboxylic acids is 1. The minimum absolute atomic E-state index is 0.00641. The van der Waals surface area contributed by atoms with E-state index in [2.05, 4.69) is 4.72 Å². The molecule has 0 radical (unpaired) electrons. The molecule has 1 fully saturated rings. The highest BCUT2D eigenvalue weighted by Gasteiger charge is 2.41. The summed E-state index contributed by atoms with van der Waals surface area (Å²) in [4.78, 5) is 12.1. The predicted octanol–water partition coefficient (Wildman–Crippen LogP) is 1.53. The van der Waals surface area contributed by atoms with Gasteiger partial charge in [-0.05, 0) is 48.4 Å². The van der Waals surface area contributed by atoms with E-state index in [1.54, 1.807) is 26.2 Å². The van der Waals surface area contributed by atoms with E-state index in [1.807, 2.05) is 12.1 Å². The summed E-state index contributed by atoms with van der Waals surface area (Å²) < 4.78 is 57.6. The molecule has 2 aromatic carbocycles. The van der Waals surface area contributed by atoms with Crippen molar-refractivity contribution in [3.63, 3.8) is 0 Å². The topological polar surface area (TPSA) is 110 Å². The highest BCUT2D eigenvalue weighted by atomic mass is 32.2. The lowest BCUT2D eigenvalue weighted by Crippen LogP contribution is -2.30. The van der Waals surface area contributed by atoms with Gasteiger partial charge in [0.1, 0.15) is 5.75 Å². The molecule has 0 aliphatic carbocycles. The third-order valence-electron chi connectivity index (χ3n) is 4.61. The fourth-order valence-corrected chi connectivity index (χ4v) is 5.91. The van der Waals surface area contributed by atoms with Crippen molar-refractivity contribution in [3.8, 4) is 5.75 Å². The average molecular weight is 439 g/mol. The summed E-state index contributed by atoms with van der Waals surface area (Å²) in [6.45, 7) is 1.75. The molecule has 2 aromatic rings. The average Bonchev–Trinajstić information content (AvgIpc) is 2.89. The highest BCUT2D eigenvalue weighted by molar-refractivity contribution is 7.94. The molecule has 1 atom stereocenters. The normalized spacial score (nSPS) is 18.8. The molecule has 0 aromatic heterocycles. The van der Waals surface area contributed by atoms with Crippen molar-refractivity contribution in [1.82, 2.24) is 4.72 Å². The molecule has 0 saturated carbocycles. The van der Waals surface area contributed by atoms with Crippen molar-refractivity contribution < 1.29 is 26.4 Å². The summed E-state index contributed by atoms with van der Waals surface area (Å²) in [5, 5.41) is 0. The number of benzene rings is 2. The second-order valence-electron chi connectivity index (χ2n) is 6.77. The Hall–Kier alpha value is -2.43. The summed E-state index contributed by atoms with van der Waals surface area (Å²) in [6.07, 6.45) is 0.500. The number of rotatable bonds is 7. The SMILES string of the molecule is COc1ccc(CCNS(=O)(=O)c2ccc(N3C(=O)[C@@H](C)CS3(=O)=O)cc2)cc1. The highest BCUT2D eigenvalue weighted by Crippen LogP contribution is 2.28. The Kier molecular flexibility index (Phi) is 5.97. The third kappa shape index (κ3) is 4.60. The molecule has 1 aliphatic heterocycles. The van der Waals surface area contributed by atoms with Crippen LogP contribution in [0.25, 0.3) is 0 Å². The van der Waals surface area contributed by atoms with Gasteiger partial charge in [-0.2, -0.15) is 0 Å². The minimum Gasteiger partial charge on any atom is -0.497 e. The van der Waals surface area contributed by atoms with Gasteiger partial charge in [-0.15, -0.1) is 0 Å². The number of methoxy groups -OCH3 is 1. The van der Waals surface area contributed by atoms with Crippen LogP contribution in [0.4, 0.5) is 5.69 Å². The fraction of sp³-hybridized carbons (Fsp3) is 0.316. The minimum atomic E-state index is -3.76. The zero-order chi connectivity index (χ0) is 21.2. The van der Waals surface area contributed by atoms with Gasteiger partial charge in [-0.25, -0.2) is 25.9 Å². The van der Waals surface area contributed by atoms with Crippen LogP contribution in [0.3, 0.4) is 0 Å². The number of hydrogen-bond acceptors (Lipinski definition) is 6. The van der Waals surface area contributed by atoms with Gasteiger partial charge in [0.05, 0.1) is 29.4 Å². The number of ether oxygens (including phenoxy) is 1. The molecule has 0 spiro atoms. The van der Waals surface area contributed by atoms with Crippen LogP contribution in [0.2, 0.25) is 0 Å². The van der Waals surface area contributed by atoms with Crippen molar-refractivity contribution in [2.24, 2.45) is 5.92 Å². The Morgan fingerprint density at radius 2 is 1.72 bits per heavy atom. The quantitative estimate of drug-likeness (QED) is 0.702. The second kappa shape index (κ2) is 8.13. The maximum atomic E-state index is 12.5. The van der Waals surface area contributed by atoms with Crippen LogP contribution in [0, 0.1) is 5.92 Å². The van der Waals surface area contributed by atoms with E-state index in [0.717, 1.165) is 15.6 Å². The molecule has 10 heteroatoms. The van der Waals surface area contributed by atoms with Crippen LogP contribution in [0.15, 0.2) is 53.4 Å². The van der Waals surface area contributed by atoms with E-state index >= 15 is 0 Å². The first-order valence-electron chi connectivity index (χ1n) is 8.93. The van der Waals surface area contributed by atoms with E-state index in [1.165, 1.54) is 24.3 Å². The molecule has 29 heavy (non-hydrogen) atoms. The van der Waals surface area contributed by atoms with E-state index in [0.29, 0.717) is 6.42 Å². The van der Waals surface area contributed by atoms with Gasteiger partial charge in [0.15, 0.2) is 0 Å². The van der Waals surface area contributed by atoms with Gasteiger partial charge in [0.25, 0.3) is 0 Å². The van der Waals surface area contributed by atoms with Gasteiger partial charge < -0.3 is 4.74 Å². The first kappa shape index (κ1) is 21.3. The summed E-state index contributed by atoms with van der Waals surface area (Å²) in [7, 11) is -5.92. The number of sulfonamides is 2. The second-order valence-corrected chi connectivity index (χ2v) is 10.4. The van der Waals surface area contributed by atoms with Gasteiger partial charge in [-0.1, -0.05) is 19.1 Å². The van der Waals surface area contributed by atoms with Crippen molar-refractivity contribution in [2.75, 3.05) is 23.7 Å². The van der Waals surface area contributed by atoms with Crippen LogP contribution < -0.4 is 13.8 Å². The number of nitrogens with one attached hydrogen (secondary N) is 1. The lowest BCUT2D eigenvalue weighted by atomic mass is 10.1. The maximum absolute atomic E-state index is 12.5. The van der Waals surface area contributed by atoms with E-state index in [-0.39, 0.29) is 22.9 Å². The molecule has 0 bridgehead atoms. The summed E-state index contributed by atoms with van der Waals surface area (Å²) >= 11 is 0. The lowest BCUT2D eigenvalue weighted by Gasteiger charge is -2.15. The maximum Gasteiger partial charge on any atom is 0.244 e. The Balaban J connectivity index is 1.67. The van der Waals surface area contributed by atoms with Gasteiger partial charge in [0.2, 0.25) is 26.0 Å². The van der Waals surface area contributed by atoms with Crippen LogP contribution in [0.5, 0.6) is 5.75 Å². The molecule has 1 amide bonds. The molecular formula is C19H22N2O6S2. The zero-order valence-electron chi connectivity index (χ0n) is 16.0. The Morgan fingerprint density at radius 1 is 1.10 bits per heavy atom. The fourth-order valence-electron chi connectivity index (χ4n) is 3.05. The Morgan fingerprint density at radius 3 is 2.24 bits per heavy atom. The standard InChI is InChI=1S/C19H22N2O6S2/c1-14-13-28(23,24)21(19(14)22)16-5-9-18(10-6-16)29(25,26)20-12-11-15-3-7-17(27-2)8-4-15/h3-10,14,20H,11-13H2,1-2H3/t14-/m0/s1. The van der Waals surface area contributed by atoms with Gasteiger partial charge in [0, 0.05) is 6.54 Å². The molecule has 1 heterocycles.